The second-order valence-electron chi connectivity index (χ2n) is 5.39. The molecule has 2 aliphatic rings. The van der Waals surface area contributed by atoms with Crippen molar-refractivity contribution in [3.63, 3.8) is 0 Å². The molecule has 0 N–H and O–H groups in total. The van der Waals surface area contributed by atoms with Crippen LogP contribution < -0.4 is 0 Å². The van der Waals surface area contributed by atoms with Crippen LogP contribution in [0.15, 0.2) is 85.0 Å². The van der Waals surface area contributed by atoms with Gasteiger partial charge in [-0.3, -0.25) is 0 Å². The number of ether oxygens (including phenoxy) is 1. The van der Waals surface area contributed by atoms with E-state index >= 15 is 0 Å². The molecule has 0 amide bonds. The van der Waals surface area contributed by atoms with Crippen molar-refractivity contribution in [1.82, 2.24) is 0 Å². The Labute approximate surface area is 137 Å². The minimum atomic E-state index is -0.197. The molecule has 2 unspecified atom stereocenters. The summed E-state index contributed by atoms with van der Waals surface area (Å²) in [6.45, 7) is 0. The van der Waals surface area contributed by atoms with Crippen LogP contribution >= 0.6 is 0 Å². The van der Waals surface area contributed by atoms with E-state index in [1.165, 1.54) is 11.1 Å². The molecule has 1 aliphatic heterocycles. The normalized spacial score (nSPS) is 25.3. The molecule has 1 fully saturated rings. The van der Waals surface area contributed by atoms with Crippen molar-refractivity contribution >= 4 is 18.9 Å². The third-order valence-corrected chi connectivity index (χ3v) is 4.19. The molecule has 1 nitrogen and oxygen atoms in total. The Kier molecular flexibility index (Phi) is 3.91. The van der Waals surface area contributed by atoms with Gasteiger partial charge >= 0.3 is 0 Å². The minimum absolute atomic E-state index is 0. The molecule has 1 saturated heterocycles. The molecule has 4 rings (SSSR count). The monoisotopic (exact) mass is 267 g/mol. The summed E-state index contributed by atoms with van der Waals surface area (Å²) in [4.78, 5) is 0. The number of rotatable bonds is 3. The van der Waals surface area contributed by atoms with Gasteiger partial charge in [0.25, 0.3) is 0 Å². The topological polar surface area (TPSA) is 12.5 Å². The van der Waals surface area contributed by atoms with Crippen molar-refractivity contribution < 1.29 is 4.74 Å². The van der Waals surface area contributed by atoms with Crippen molar-refractivity contribution in [1.29, 1.82) is 0 Å². The molecule has 2 aromatic rings. The number of fused-ring (bicyclic) bond motifs is 1. The smallest absolute Gasteiger partial charge is 0.128 e. The van der Waals surface area contributed by atoms with Gasteiger partial charge in [-0.25, -0.2) is 0 Å². The van der Waals surface area contributed by atoms with E-state index in [0.29, 0.717) is 0 Å². The van der Waals surface area contributed by atoms with E-state index in [0.717, 1.165) is 0 Å². The van der Waals surface area contributed by atoms with Crippen LogP contribution in [-0.2, 0) is 4.74 Å². The second kappa shape index (κ2) is 5.70. The zero-order chi connectivity index (χ0) is 13.4. The molecular weight excluding hydrogens is 251 g/mol. The van der Waals surface area contributed by atoms with Gasteiger partial charge in [0, 0.05) is 24.8 Å². The first kappa shape index (κ1) is 14.4. The van der Waals surface area contributed by atoms with Gasteiger partial charge < -0.3 is 4.74 Å². The van der Waals surface area contributed by atoms with E-state index in [1.807, 2.05) is 0 Å². The van der Waals surface area contributed by atoms with Crippen molar-refractivity contribution in [2.45, 2.75) is 17.6 Å². The van der Waals surface area contributed by atoms with Gasteiger partial charge in [0.15, 0.2) is 0 Å². The summed E-state index contributed by atoms with van der Waals surface area (Å²) < 4.78 is 6.06. The predicted octanol–water partition coefficient (Wildman–Crippen LogP) is 3.70. The average Bonchev–Trinajstić information content (AvgIpc) is 3.25. The number of hydrogen-bond acceptors (Lipinski definition) is 1. The van der Waals surface area contributed by atoms with Crippen molar-refractivity contribution in [3.8, 4) is 0 Å². The van der Waals surface area contributed by atoms with E-state index in [4.69, 9.17) is 4.74 Å². The Bertz CT molecular complexity index is 623. The first-order valence-electron chi connectivity index (χ1n) is 7.04. The standard InChI is InChI=1S/C19H16O.Li/c1-3-9-15(10-4-1)18(16-11-5-2-6-12-16)19-14-8-7-13-17(19)20-19;/h1-14,17-18H;. The van der Waals surface area contributed by atoms with E-state index in [-0.39, 0.29) is 36.5 Å². The van der Waals surface area contributed by atoms with Gasteiger partial charge in [-0.1, -0.05) is 78.9 Å². The van der Waals surface area contributed by atoms with Gasteiger partial charge in [-0.05, 0) is 17.2 Å². The summed E-state index contributed by atoms with van der Waals surface area (Å²) in [5.74, 6) is 0.246. The zero-order valence-electron chi connectivity index (χ0n) is 12.1. The molecule has 0 bridgehead atoms. The van der Waals surface area contributed by atoms with E-state index in [1.54, 1.807) is 0 Å². The van der Waals surface area contributed by atoms with Crippen LogP contribution in [0.4, 0.5) is 0 Å². The van der Waals surface area contributed by atoms with Crippen LogP contribution in [0.25, 0.3) is 0 Å². The second-order valence-corrected chi connectivity index (χ2v) is 5.39. The Morgan fingerprint density at radius 2 is 1.38 bits per heavy atom. The summed E-state index contributed by atoms with van der Waals surface area (Å²) in [5, 5.41) is 0. The largest absolute Gasteiger partial charge is 0.356 e. The Morgan fingerprint density at radius 3 is 1.90 bits per heavy atom. The van der Waals surface area contributed by atoms with Crippen LogP contribution in [0.1, 0.15) is 17.0 Å². The maximum absolute atomic E-state index is 6.06. The molecule has 1 radical (unpaired) electrons. The third kappa shape index (κ3) is 2.43. The SMILES string of the molecule is C1=CC2OC2(C(c2ccccc2)c2ccccc2)C=C1.[Li]. The summed E-state index contributed by atoms with van der Waals surface area (Å²) in [5.41, 5.74) is 2.42. The van der Waals surface area contributed by atoms with Crippen LogP contribution in [0.3, 0.4) is 0 Å². The molecule has 21 heavy (non-hydrogen) atoms. The number of benzene rings is 2. The molecule has 0 aromatic heterocycles. The Balaban J connectivity index is 0.00000132. The molecule has 0 saturated carbocycles. The molecule has 1 heterocycles. The maximum Gasteiger partial charge on any atom is 0.128 e. The van der Waals surface area contributed by atoms with E-state index in [2.05, 4.69) is 85.0 Å². The van der Waals surface area contributed by atoms with Gasteiger partial charge in [0.05, 0.1) is 0 Å². The predicted molar refractivity (Wildman–Crippen MR) is 86.4 cm³/mol. The maximum atomic E-state index is 6.06. The van der Waals surface area contributed by atoms with Crippen LogP contribution in [0.5, 0.6) is 0 Å². The van der Waals surface area contributed by atoms with Crippen molar-refractivity contribution in [3.05, 3.63) is 96.1 Å². The third-order valence-electron chi connectivity index (χ3n) is 4.19. The molecular formula is C19H16LiO. The first-order chi connectivity index (χ1) is 9.90. The molecule has 1 aliphatic carbocycles. The number of hydrogen-bond donors (Lipinski definition) is 0. The van der Waals surface area contributed by atoms with E-state index < -0.39 is 0 Å². The summed E-state index contributed by atoms with van der Waals surface area (Å²) in [6.07, 6.45) is 8.74. The quantitative estimate of drug-likeness (QED) is 0.610. The van der Waals surface area contributed by atoms with Crippen molar-refractivity contribution in [2.75, 3.05) is 0 Å². The average molecular weight is 267 g/mol. The molecule has 2 heteroatoms. The summed E-state index contributed by atoms with van der Waals surface area (Å²) >= 11 is 0. The summed E-state index contributed by atoms with van der Waals surface area (Å²) in [6, 6.07) is 21.3. The van der Waals surface area contributed by atoms with Gasteiger partial charge in [-0.15, -0.1) is 0 Å². The van der Waals surface area contributed by atoms with Crippen LogP contribution in [0, 0.1) is 0 Å². The van der Waals surface area contributed by atoms with Crippen LogP contribution in [-0.4, -0.2) is 30.6 Å². The van der Waals surface area contributed by atoms with Crippen LogP contribution in [0.2, 0.25) is 0 Å². The molecule has 0 spiro atoms. The fourth-order valence-electron chi connectivity index (χ4n) is 3.21. The fraction of sp³-hybridized carbons (Fsp3) is 0.158. The molecule has 99 valence electrons. The van der Waals surface area contributed by atoms with Gasteiger partial charge in [0.2, 0.25) is 0 Å². The Hall–Kier alpha value is -1.52. The fourth-order valence-corrected chi connectivity index (χ4v) is 3.21. The number of allylic oxidation sites excluding steroid dienone is 2. The minimum Gasteiger partial charge on any atom is -0.356 e. The summed E-state index contributed by atoms with van der Waals surface area (Å²) in [7, 11) is 0. The molecule has 2 aromatic carbocycles. The molecule has 2 atom stereocenters. The van der Waals surface area contributed by atoms with E-state index in [9.17, 15) is 0 Å². The van der Waals surface area contributed by atoms with Gasteiger partial charge in [0.1, 0.15) is 11.7 Å². The zero-order valence-corrected chi connectivity index (χ0v) is 12.1. The Morgan fingerprint density at radius 1 is 0.810 bits per heavy atom. The first-order valence-corrected chi connectivity index (χ1v) is 7.04. The number of epoxide rings is 1. The van der Waals surface area contributed by atoms with Gasteiger partial charge in [-0.2, -0.15) is 0 Å². The van der Waals surface area contributed by atoms with Crippen molar-refractivity contribution in [2.24, 2.45) is 0 Å².